The van der Waals surface area contributed by atoms with Gasteiger partial charge in [-0.2, -0.15) is 0 Å². The number of aliphatic hydroxyl groups excluding tert-OH is 2. The number of esters is 1. The number of hydrogen-bond donors (Lipinski definition) is 4. The number of methoxy groups -OCH3 is 1. The van der Waals surface area contributed by atoms with Gasteiger partial charge in [0, 0.05) is 5.75 Å². The number of H-pyrrole nitrogens is 1. The lowest BCUT2D eigenvalue weighted by Gasteiger charge is -2.20. The van der Waals surface area contributed by atoms with E-state index in [1.54, 1.807) is 0 Å². The monoisotopic (exact) mass is 431 g/mol. The number of aliphatic hydroxyl groups is 2. The summed E-state index contributed by atoms with van der Waals surface area (Å²) in [6.07, 6.45) is -0.900. The highest BCUT2D eigenvalue weighted by atomic mass is 32.2. The molecule has 1 aromatic carbocycles. The Labute approximate surface area is 175 Å². The molecular weight excluding hydrogens is 410 g/mol. The molecule has 158 valence electrons. The van der Waals surface area contributed by atoms with Crippen LogP contribution in [0.4, 0.5) is 5.82 Å². The molecule has 11 heteroatoms. The van der Waals surface area contributed by atoms with Crippen LogP contribution in [0.1, 0.15) is 23.0 Å². The molecule has 0 aliphatic carbocycles. The zero-order valence-electron chi connectivity index (χ0n) is 16.3. The number of carbonyl (C=O) groups excluding carboxylic acids is 1. The van der Waals surface area contributed by atoms with Crippen LogP contribution in [0.25, 0.3) is 11.2 Å². The summed E-state index contributed by atoms with van der Waals surface area (Å²) in [5.41, 5.74) is 0.0953. The molecule has 0 radical (unpaired) electrons. The molecule has 0 saturated carbocycles. The summed E-state index contributed by atoms with van der Waals surface area (Å²) in [5, 5.41) is 22.7. The predicted molar refractivity (Wildman–Crippen MR) is 111 cm³/mol. The highest BCUT2D eigenvalue weighted by Gasteiger charge is 2.21. The fraction of sp³-hybridized carbons (Fsp3) is 0.316. The molecule has 0 amide bonds. The van der Waals surface area contributed by atoms with Gasteiger partial charge < -0.3 is 25.3 Å². The summed E-state index contributed by atoms with van der Waals surface area (Å²) < 4.78 is 4.59. The summed E-state index contributed by atoms with van der Waals surface area (Å²) in [7, 11) is 1.14. The van der Waals surface area contributed by atoms with Gasteiger partial charge in [-0.05, 0) is 12.5 Å². The number of rotatable bonds is 8. The van der Waals surface area contributed by atoms with Crippen LogP contribution in [0.15, 0.2) is 40.3 Å². The van der Waals surface area contributed by atoms with Gasteiger partial charge in [0.2, 0.25) is 5.69 Å². The summed E-state index contributed by atoms with van der Waals surface area (Å²) in [6, 6.07) is 8.96. The van der Waals surface area contributed by atoms with Crippen molar-refractivity contribution in [3.63, 3.8) is 0 Å². The van der Waals surface area contributed by atoms with Crippen LogP contribution in [0.3, 0.4) is 0 Å². The van der Waals surface area contributed by atoms with E-state index in [2.05, 4.69) is 30.0 Å². The molecule has 30 heavy (non-hydrogen) atoms. The zero-order chi connectivity index (χ0) is 21.7. The Hall–Kier alpha value is -3.02. The number of nitrogens with zero attached hydrogens (tertiary/aromatic N) is 3. The van der Waals surface area contributed by atoms with Gasteiger partial charge in [-0.15, -0.1) is 0 Å². The second-order valence-corrected chi connectivity index (χ2v) is 7.35. The number of thioether (sulfide) groups is 1. The lowest BCUT2D eigenvalue weighted by Crippen LogP contribution is -2.35. The van der Waals surface area contributed by atoms with Crippen LogP contribution < -0.4 is 10.9 Å². The Morgan fingerprint density at radius 3 is 2.63 bits per heavy atom. The van der Waals surface area contributed by atoms with E-state index in [0.717, 1.165) is 12.7 Å². The number of hydrogen-bond acceptors (Lipinski definition) is 10. The van der Waals surface area contributed by atoms with Crippen molar-refractivity contribution in [2.45, 2.75) is 30.0 Å². The quantitative estimate of drug-likeness (QED) is 0.230. The van der Waals surface area contributed by atoms with Gasteiger partial charge in [0.15, 0.2) is 16.6 Å². The number of ether oxygens (including phenoxy) is 1. The lowest BCUT2D eigenvalue weighted by molar-refractivity contribution is 0.0592. The molecule has 10 nitrogen and oxygen atoms in total. The molecule has 3 aromatic rings. The number of fused-ring (bicyclic) bond motifs is 1. The molecule has 0 fully saturated rings. The Bertz CT molecular complexity index is 1090. The molecule has 0 unspecified atom stereocenters. The second-order valence-electron chi connectivity index (χ2n) is 6.41. The van der Waals surface area contributed by atoms with E-state index in [4.69, 9.17) is 0 Å². The van der Waals surface area contributed by atoms with E-state index in [9.17, 15) is 19.8 Å². The van der Waals surface area contributed by atoms with Crippen molar-refractivity contribution in [1.82, 2.24) is 19.9 Å². The third-order valence-electron chi connectivity index (χ3n) is 4.22. The first-order chi connectivity index (χ1) is 14.4. The van der Waals surface area contributed by atoms with Gasteiger partial charge in [0.25, 0.3) is 5.56 Å². The Balaban J connectivity index is 2.06. The van der Waals surface area contributed by atoms with Crippen molar-refractivity contribution >= 4 is 34.7 Å². The van der Waals surface area contributed by atoms with E-state index in [1.165, 1.54) is 18.7 Å². The largest absolute Gasteiger partial charge is 0.464 e. The SMILES string of the molecule is COC(=O)c1nc2c(N[C@@H](CO)[C@H](C)O)nc(SCc3ccccc3)nc2[nH]c1=O. The van der Waals surface area contributed by atoms with Gasteiger partial charge in [0.1, 0.15) is 5.52 Å². The summed E-state index contributed by atoms with van der Waals surface area (Å²) in [5.74, 6) is -0.151. The van der Waals surface area contributed by atoms with E-state index in [0.29, 0.717) is 10.9 Å². The predicted octanol–water partition coefficient (Wildman–Crippen LogP) is 0.946. The average molecular weight is 431 g/mol. The topological polar surface area (TPSA) is 150 Å². The van der Waals surface area contributed by atoms with Gasteiger partial charge in [-0.1, -0.05) is 42.1 Å². The first-order valence-electron chi connectivity index (χ1n) is 9.05. The van der Waals surface area contributed by atoms with Crippen molar-refractivity contribution < 1.29 is 19.7 Å². The number of nitrogens with one attached hydrogen (secondary N) is 2. The molecule has 0 saturated heterocycles. The third-order valence-corrected chi connectivity index (χ3v) is 5.14. The molecule has 0 aliphatic heterocycles. The van der Waals surface area contributed by atoms with E-state index >= 15 is 0 Å². The van der Waals surface area contributed by atoms with Gasteiger partial charge in [-0.3, -0.25) is 4.79 Å². The first kappa shape index (κ1) is 21.7. The average Bonchev–Trinajstić information content (AvgIpc) is 2.75. The molecule has 0 bridgehead atoms. The second kappa shape index (κ2) is 9.65. The molecule has 2 aromatic heterocycles. The number of aromatic nitrogens is 4. The molecule has 2 atom stereocenters. The zero-order valence-corrected chi connectivity index (χ0v) is 17.1. The Kier molecular flexibility index (Phi) is 6.98. The van der Waals surface area contributed by atoms with Crippen LogP contribution in [0.2, 0.25) is 0 Å². The normalized spacial score (nSPS) is 13.1. The Morgan fingerprint density at radius 1 is 1.27 bits per heavy atom. The molecule has 2 heterocycles. The van der Waals surface area contributed by atoms with Crippen molar-refractivity contribution in [2.75, 3.05) is 19.0 Å². The molecule has 0 spiro atoms. The third kappa shape index (κ3) is 4.93. The first-order valence-corrected chi connectivity index (χ1v) is 10.0. The number of aromatic amines is 1. The van der Waals surface area contributed by atoms with Crippen LogP contribution in [0, 0.1) is 0 Å². The maximum Gasteiger partial charge on any atom is 0.362 e. The number of carbonyl (C=O) groups is 1. The smallest absolute Gasteiger partial charge is 0.362 e. The van der Waals surface area contributed by atoms with E-state index in [-0.39, 0.29) is 23.6 Å². The van der Waals surface area contributed by atoms with Crippen LogP contribution in [-0.4, -0.2) is 62.0 Å². The maximum absolute atomic E-state index is 12.2. The van der Waals surface area contributed by atoms with Gasteiger partial charge in [0.05, 0.1) is 25.9 Å². The molecule has 0 aliphatic rings. The Morgan fingerprint density at radius 2 is 2.00 bits per heavy atom. The van der Waals surface area contributed by atoms with Gasteiger partial charge >= 0.3 is 5.97 Å². The van der Waals surface area contributed by atoms with Crippen molar-refractivity contribution in [3.8, 4) is 0 Å². The minimum Gasteiger partial charge on any atom is -0.464 e. The van der Waals surface area contributed by atoms with E-state index < -0.39 is 29.4 Å². The standard InChI is InChI=1S/C19H21N5O5S/c1-10(26)12(8-25)20-15-13-16(22-17(27)14(21-13)18(28)29-2)24-19(23-15)30-9-11-6-4-3-5-7-11/h3-7,10,12,25-26H,8-9H2,1-2H3,(H2,20,22,23,24,27)/t10-,12-/m0/s1. The number of anilines is 1. The molecule has 3 rings (SSSR count). The highest BCUT2D eigenvalue weighted by Crippen LogP contribution is 2.25. The van der Waals surface area contributed by atoms with Crippen molar-refractivity contribution in [3.05, 3.63) is 51.9 Å². The van der Waals surface area contributed by atoms with Crippen molar-refractivity contribution in [2.24, 2.45) is 0 Å². The molecule has 4 N–H and O–H groups in total. The highest BCUT2D eigenvalue weighted by molar-refractivity contribution is 7.98. The fourth-order valence-corrected chi connectivity index (χ4v) is 3.37. The lowest BCUT2D eigenvalue weighted by atomic mass is 10.2. The van der Waals surface area contributed by atoms with Gasteiger partial charge in [-0.25, -0.2) is 19.7 Å². The summed E-state index contributed by atoms with van der Waals surface area (Å²) >= 11 is 1.34. The minimum atomic E-state index is -0.902. The fourth-order valence-electron chi connectivity index (χ4n) is 2.57. The van der Waals surface area contributed by atoms with E-state index in [1.807, 2.05) is 30.3 Å². The summed E-state index contributed by atoms with van der Waals surface area (Å²) in [4.78, 5) is 39.4. The minimum absolute atomic E-state index is 0.109. The molecular formula is C19H21N5O5S. The van der Waals surface area contributed by atoms with Crippen LogP contribution >= 0.6 is 11.8 Å². The maximum atomic E-state index is 12.2. The summed E-state index contributed by atoms with van der Waals surface area (Å²) in [6.45, 7) is 1.14. The number of benzene rings is 1. The van der Waals surface area contributed by atoms with Crippen LogP contribution in [-0.2, 0) is 10.5 Å². The van der Waals surface area contributed by atoms with Crippen LogP contribution in [0.5, 0.6) is 0 Å². The van der Waals surface area contributed by atoms with Crippen molar-refractivity contribution in [1.29, 1.82) is 0 Å².